The summed E-state index contributed by atoms with van der Waals surface area (Å²) >= 11 is 0. The average Bonchev–Trinajstić information content (AvgIpc) is 3.19. The van der Waals surface area contributed by atoms with Gasteiger partial charge in [-0.15, -0.1) is 24.0 Å². The number of hydrogen-bond donors (Lipinski definition) is 3. The number of carbonyl (C=O) groups is 1. The lowest BCUT2D eigenvalue weighted by atomic mass is 10.1. The highest BCUT2D eigenvalue weighted by atomic mass is 127. The number of benzene rings is 1. The third-order valence-electron chi connectivity index (χ3n) is 4.69. The van der Waals surface area contributed by atoms with Gasteiger partial charge in [-0.3, -0.25) is 9.79 Å². The van der Waals surface area contributed by atoms with Crippen LogP contribution in [0.25, 0.3) is 0 Å². The average molecular weight is 512 g/mol. The van der Waals surface area contributed by atoms with E-state index in [1.165, 1.54) is 6.07 Å². The van der Waals surface area contributed by atoms with Gasteiger partial charge >= 0.3 is 0 Å². The van der Waals surface area contributed by atoms with E-state index in [1.54, 1.807) is 38.5 Å². The maximum atomic E-state index is 13.9. The first-order chi connectivity index (χ1) is 13.6. The number of nitrogens with one attached hydrogen (secondary N) is 3. The van der Waals surface area contributed by atoms with Crippen LogP contribution in [0.4, 0.5) is 10.2 Å². The van der Waals surface area contributed by atoms with E-state index >= 15 is 0 Å². The number of halogens is 2. The second-order valence-corrected chi connectivity index (χ2v) is 6.59. The molecule has 3 N–H and O–H groups in total. The first-order valence-electron chi connectivity index (χ1n) is 9.24. The Balaban J connectivity index is 0.00000300. The lowest BCUT2D eigenvalue weighted by Gasteiger charge is -2.20. The predicted octanol–water partition coefficient (Wildman–Crippen LogP) is 2.14. The van der Waals surface area contributed by atoms with Crippen molar-refractivity contribution in [3.63, 3.8) is 0 Å². The van der Waals surface area contributed by atoms with Gasteiger partial charge in [-0.25, -0.2) is 9.37 Å². The summed E-state index contributed by atoms with van der Waals surface area (Å²) in [7, 11) is 3.33. The summed E-state index contributed by atoms with van der Waals surface area (Å²) < 4.78 is 13.9. The SMILES string of the molecule is CN=C(NCc1ccc(C(=O)NC)cc1)NC1CCN(c2ncccc2F)C1.I. The van der Waals surface area contributed by atoms with Gasteiger partial charge < -0.3 is 20.9 Å². The number of anilines is 1. The first-order valence-corrected chi connectivity index (χ1v) is 9.24. The number of guanidine groups is 1. The minimum atomic E-state index is -0.300. The van der Waals surface area contributed by atoms with Crippen molar-refractivity contribution in [2.75, 3.05) is 32.1 Å². The highest BCUT2D eigenvalue weighted by Crippen LogP contribution is 2.20. The molecule has 1 saturated heterocycles. The Kier molecular flexibility index (Phi) is 8.62. The number of nitrogens with zero attached hydrogens (tertiary/aromatic N) is 3. The van der Waals surface area contributed by atoms with E-state index in [2.05, 4.69) is 25.9 Å². The molecule has 1 aromatic heterocycles. The highest BCUT2D eigenvalue weighted by molar-refractivity contribution is 14.0. The Hall–Kier alpha value is -2.43. The van der Waals surface area contributed by atoms with Crippen LogP contribution in [0.5, 0.6) is 0 Å². The maximum Gasteiger partial charge on any atom is 0.251 e. The molecule has 1 atom stereocenters. The molecule has 0 saturated carbocycles. The molecule has 0 aliphatic carbocycles. The topological polar surface area (TPSA) is 81.6 Å². The molecule has 9 heteroatoms. The smallest absolute Gasteiger partial charge is 0.251 e. The van der Waals surface area contributed by atoms with Crippen LogP contribution in [0.1, 0.15) is 22.3 Å². The van der Waals surface area contributed by atoms with Crippen molar-refractivity contribution in [1.82, 2.24) is 20.9 Å². The van der Waals surface area contributed by atoms with Crippen LogP contribution in [-0.2, 0) is 6.54 Å². The van der Waals surface area contributed by atoms with Crippen LogP contribution in [0.2, 0.25) is 0 Å². The van der Waals surface area contributed by atoms with Gasteiger partial charge in [0.2, 0.25) is 0 Å². The fourth-order valence-electron chi connectivity index (χ4n) is 3.17. The second-order valence-electron chi connectivity index (χ2n) is 6.59. The van der Waals surface area contributed by atoms with E-state index in [4.69, 9.17) is 0 Å². The fourth-order valence-corrected chi connectivity index (χ4v) is 3.17. The third kappa shape index (κ3) is 6.02. The maximum absolute atomic E-state index is 13.9. The number of pyridine rings is 1. The molecule has 1 fully saturated rings. The summed E-state index contributed by atoms with van der Waals surface area (Å²) in [5.74, 6) is 0.674. The Labute approximate surface area is 187 Å². The third-order valence-corrected chi connectivity index (χ3v) is 4.69. The molecule has 3 rings (SSSR count). The molecule has 1 aromatic carbocycles. The lowest BCUT2D eigenvalue weighted by molar-refractivity contribution is 0.0963. The minimum Gasteiger partial charge on any atom is -0.355 e. The molecular weight excluding hydrogens is 486 g/mol. The Morgan fingerprint density at radius 2 is 2.07 bits per heavy atom. The van der Waals surface area contributed by atoms with Crippen molar-refractivity contribution in [3.05, 3.63) is 59.5 Å². The Morgan fingerprint density at radius 1 is 1.31 bits per heavy atom. The molecule has 7 nitrogen and oxygen atoms in total. The summed E-state index contributed by atoms with van der Waals surface area (Å²) in [4.78, 5) is 21.9. The molecule has 1 amide bonds. The van der Waals surface area contributed by atoms with E-state index < -0.39 is 0 Å². The van der Waals surface area contributed by atoms with Crippen molar-refractivity contribution in [1.29, 1.82) is 0 Å². The molecule has 0 radical (unpaired) electrons. The van der Waals surface area contributed by atoms with E-state index in [1.807, 2.05) is 17.0 Å². The Morgan fingerprint density at radius 3 is 2.72 bits per heavy atom. The molecule has 2 heterocycles. The molecule has 1 aliphatic rings. The number of aliphatic imine (C=N–C) groups is 1. The van der Waals surface area contributed by atoms with Gasteiger partial charge in [0.1, 0.15) is 0 Å². The van der Waals surface area contributed by atoms with Crippen LogP contribution in [0.3, 0.4) is 0 Å². The van der Waals surface area contributed by atoms with Crippen LogP contribution in [-0.4, -0.2) is 50.1 Å². The minimum absolute atomic E-state index is 0. The van der Waals surface area contributed by atoms with Crippen molar-refractivity contribution < 1.29 is 9.18 Å². The first kappa shape index (κ1) is 22.9. The number of hydrogen-bond acceptors (Lipinski definition) is 4. The molecule has 0 bridgehead atoms. The van der Waals surface area contributed by atoms with Crippen LogP contribution in [0.15, 0.2) is 47.6 Å². The van der Waals surface area contributed by atoms with Gasteiger partial charge in [-0.1, -0.05) is 12.1 Å². The van der Waals surface area contributed by atoms with Crippen molar-refractivity contribution in [2.45, 2.75) is 19.0 Å². The summed E-state index contributed by atoms with van der Waals surface area (Å²) in [5, 5.41) is 9.25. The largest absolute Gasteiger partial charge is 0.355 e. The van der Waals surface area contributed by atoms with Crippen molar-refractivity contribution >= 4 is 41.7 Å². The van der Waals surface area contributed by atoms with Crippen LogP contribution >= 0.6 is 24.0 Å². The molecule has 0 spiro atoms. The van der Waals surface area contributed by atoms with Gasteiger partial charge in [-0.2, -0.15) is 0 Å². The zero-order chi connectivity index (χ0) is 19.9. The normalized spacial score (nSPS) is 16.2. The number of aromatic nitrogens is 1. The fraction of sp³-hybridized carbons (Fsp3) is 0.350. The summed E-state index contributed by atoms with van der Waals surface area (Å²) in [6.45, 7) is 1.98. The zero-order valence-corrected chi connectivity index (χ0v) is 18.8. The van der Waals surface area contributed by atoms with Crippen LogP contribution < -0.4 is 20.9 Å². The van der Waals surface area contributed by atoms with Crippen LogP contribution in [0, 0.1) is 5.82 Å². The summed E-state index contributed by atoms with van der Waals surface area (Å²) in [5.41, 5.74) is 1.67. The monoisotopic (exact) mass is 512 g/mol. The summed E-state index contributed by atoms with van der Waals surface area (Å²) in [6.07, 6.45) is 2.48. The Bertz CT molecular complexity index is 845. The quantitative estimate of drug-likeness (QED) is 0.325. The molecule has 2 aromatic rings. The molecule has 1 unspecified atom stereocenters. The number of carbonyl (C=O) groups excluding carboxylic acids is 1. The van der Waals surface area contributed by atoms with Crippen molar-refractivity contribution in [3.8, 4) is 0 Å². The van der Waals surface area contributed by atoms with Gasteiger partial charge in [0.25, 0.3) is 5.91 Å². The van der Waals surface area contributed by atoms with E-state index in [0.717, 1.165) is 18.5 Å². The van der Waals surface area contributed by atoms with Gasteiger partial charge in [-0.05, 0) is 36.2 Å². The summed E-state index contributed by atoms with van der Waals surface area (Å²) in [6, 6.07) is 10.6. The molecule has 1 aliphatic heterocycles. The van der Waals surface area contributed by atoms with E-state index in [-0.39, 0.29) is 41.7 Å². The number of amides is 1. The van der Waals surface area contributed by atoms with Crippen molar-refractivity contribution in [2.24, 2.45) is 4.99 Å². The zero-order valence-electron chi connectivity index (χ0n) is 16.5. The second kappa shape index (κ2) is 10.9. The van der Waals surface area contributed by atoms with Gasteiger partial charge in [0.15, 0.2) is 17.6 Å². The van der Waals surface area contributed by atoms with Gasteiger partial charge in [0, 0.05) is 51.5 Å². The lowest BCUT2D eigenvalue weighted by Crippen LogP contribution is -2.44. The highest BCUT2D eigenvalue weighted by Gasteiger charge is 2.25. The molecule has 29 heavy (non-hydrogen) atoms. The molecule has 156 valence electrons. The van der Waals surface area contributed by atoms with E-state index in [0.29, 0.717) is 30.4 Å². The predicted molar refractivity (Wildman–Crippen MR) is 123 cm³/mol. The molecular formula is C20H26FIN6O. The van der Waals surface area contributed by atoms with Gasteiger partial charge in [0.05, 0.1) is 0 Å². The standard InChI is InChI=1S/C20H25FN6O.HI/c1-22-19(28)15-7-5-14(6-8-15)12-25-20(23-2)26-16-9-11-27(13-16)18-17(21)4-3-10-24-18;/h3-8,10,16H,9,11-13H2,1-2H3,(H,22,28)(H2,23,25,26);1H. The van der Waals surface area contributed by atoms with E-state index in [9.17, 15) is 9.18 Å². The number of rotatable bonds is 5.